The van der Waals surface area contributed by atoms with Crippen LogP contribution in [0.25, 0.3) is 32.7 Å². The van der Waals surface area contributed by atoms with E-state index in [9.17, 15) is 26.3 Å². The molecule has 0 atom stereocenters. The van der Waals surface area contributed by atoms with Gasteiger partial charge in [0.15, 0.2) is 46.5 Å². The van der Waals surface area contributed by atoms with Gasteiger partial charge in [-0.05, 0) is 65.8 Å². The monoisotopic (exact) mass is 542 g/mol. The van der Waals surface area contributed by atoms with E-state index in [-0.39, 0.29) is 11.5 Å². The van der Waals surface area contributed by atoms with Crippen molar-refractivity contribution in [3.8, 4) is 22.6 Å². The highest BCUT2D eigenvalue weighted by molar-refractivity contribution is 6.10. The molecule has 2 nitrogen and oxygen atoms in total. The fraction of sp³-hybridized carbons (Fsp3) is 0.286. The number of rotatable bonds is 3. The minimum Gasteiger partial charge on any atom is -0.487 e. The number of halogens is 8. The van der Waals surface area contributed by atoms with E-state index in [0.29, 0.717) is 0 Å². The Morgan fingerprint density at radius 1 is 0.421 bits per heavy atom. The molecule has 10 heteroatoms. The number of hydrogen-bond donors (Lipinski definition) is 0. The topological polar surface area (TPSA) is 18.5 Å². The summed E-state index contributed by atoms with van der Waals surface area (Å²) in [5.41, 5.74) is -3.23. The lowest BCUT2D eigenvalue weighted by molar-refractivity contribution is 0.129. The van der Waals surface area contributed by atoms with Gasteiger partial charge < -0.3 is 9.47 Å². The SMILES string of the molecule is CC(C)(C)Oc1ccc2c(F)c(F)c(F)c(F)c2c1-c1c(OC(C)(C)C)ccc2c(F)c(F)c(F)c(F)c12. The fourth-order valence-electron chi connectivity index (χ4n) is 4.16. The summed E-state index contributed by atoms with van der Waals surface area (Å²) >= 11 is 0. The lowest BCUT2D eigenvalue weighted by atomic mass is 9.90. The van der Waals surface area contributed by atoms with E-state index in [4.69, 9.17) is 9.47 Å². The molecule has 0 spiro atoms. The highest BCUT2D eigenvalue weighted by Crippen LogP contribution is 2.50. The van der Waals surface area contributed by atoms with Crippen LogP contribution in [0, 0.1) is 46.5 Å². The summed E-state index contributed by atoms with van der Waals surface area (Å²) in [6, 6.07) is 4.04. The zero-order chi connectivity index (χ0) is 28.5. The number of fused-ring (bicyclic) bond motifs is 2. The van der Waals surface area contributed by atoms with Crippen molar-refractivity contribution in [3.05, 3.63) is 70.8 Å². The maximum atomic E-state index is 15.4. The van der Waals surface area contributed by atoms with Gasteiger partial charge in [0.25, 0.3) is 0 Å². The smallest absolute Gasteiger partial charge is 0.198 e. The summed E-state index contributed by atoms with van der Waals surface area (Å²) in [6.45, 7) is 9.47. The van der Waals surface area contributed by atoms with Crippen LogP contribution in [0.2, 0.25) is 0 Å². The van der Waals surface area contributed by atoms with Crippen molar-refractivity contribution in [3.63, 3.8) is 0 Å². The maximum absolute atomic E-state index is 15.4. The maximum Gasteiger partial charge on any atom is 0.198 e. The molecular weight excluding hydrogens is 520 g/mol. The third-order valence-electron chi connectivity index (χ3n) is 5.48. The molecule has 0 unspecified atom stereocenters. The molecule has 0 radical (unpaired) electrons. The van der Waals surface area contributed by atoms with E-state index in [0.717, 1.165) is 24.3 Å². The highest BCUT2D eigenvalue weighted by Gasteiger charge is 2.32. The molecule has 0 saturated carbocycles. The third kappa shape index (κ3) is 4.50. The van der Waals surface area contributed by atoms with E-state index in [1.54, 1.807) is 41.5 Å². The van der Waals surface area contributed by atoms with Gasteiger partial charge in [0, 0.05) is 32.7 Å². The Morgan fingerprint density at radius 2 is 0.711 bits per heavy atom. The van der Waals surface area contributed by atoms with Crippen LogP contribution >= 0.6 is 0 Å². The van der Waals surface area contributed by atoms with E-state index in [1.165, 1.54) is 0 Å². The Kier molecular flexibility index (Phi) is 6.53. The Bertz CT molecular complexity index is 1490. The molecule has 0 heterocycles. The van der Waals surface area contributed by atoms with E-state index in [1.807, 2.05) is 0 Å². The van der Waals surface area contributed by atoms with Gasteiger partial charge in [0.05, 0.1) is 0 Å². The third-order valence-corrected chi connectivity index (χ3v) is 5.48. The van der Waals surface area contributed by atoms with Crippen molar-refractivity contribution < 1.29 is 44.6 Å². The van der Waals surface area contributed by atoms with Crippen molar-refractivity contribution in [2.75, 3.05) is 0 Å². The summed E-state index contributed by atoms with van der Waals surface area (Å²) in [4.78, 5) is 0. The van der Waals surface area contributed by atoms with Crippen LogP contribution in [-0.4, -0.2) is 11.2 Å². The molecule has 4 rings (SSSR count). The average Bonchev–Trinajstić information content (AvgIpc) is 2.81. The predicted molar refractivity (Wildman–Crippen MR) is 127 cm³/mol. The van der Waals surface area contributed by atoms with Gasteiger partial charge in [-0.15, -0.1) is 0 Å². The molecule has 0 bridgehead atoms. The Labute approximate surface area is 212 Å². The van der Waals surface area contributed by atoms with Gasteiger partial charge >= 0.3 is 0 Å². The lowest BCUT2D eigenvalue weighted by Crippen LogP contribution is -2.24. The first kappa shape index (κ1) is 27.5. The van der Waals surface area contributed by atoms with Gasteiger partial charge in [-0.1, -0.05) is 0 Å². The summed E-state index contributed by atoms with van der Waals surface area (Å²) in [7, 11) is 0. The molecule has 0 aliphatic carbocycles. The van der Waals surface area contributed by atoms with Crippen LogP contribution in [0.5, 0.6) is 11.5 Å². The molecule has 0 aliphatic heterocycles. The molecule has 4 aromatic rings. The molecule has 38 heavy (non-hydrogen) atoms. The van der Waals surface area contributed by atoms with Crippen molar-refractivity contribution in [1.29, 1.82) is 0 Å². The van der Waals surface area contributed by atoms with Gasteiger partial charge in [0.1, 0.15) is 22.7 Å². The summed E-state index contributed by atoms with van der Waals surface area (Å²) in [6.07, 6.45) is 0. The second-order valence-electron chi connectivity index (χ2n) is 10.7. The molecule has 0 fully saturated rings. The van der Waals surface area contributed by atoms with Crippen LogP contribution < -0.4 is 9.47 Å². The second-order valence-corrected chi connectivity index (χ2v) is 10.7. The standard InChI is InChI=1S/C28H22F8O2/c1-27(2,3)37-13-9-7-11-15(21(31)25(35)23(33)19(11)29)17(13)18-14(38-28(4,5)6)10-8-12-16(18)22(32)26(36)24(34)20(12)30/h7-10H,1-6H3. The molecule has 0 amide bonds. The molecular formula is C28H22F8O2. The quantitative estimate of drug-likeness (QED) is 0.146. The van der Waals surface area contributed by atoms with Gasteiger partial charge in [0.2, 0.25) is 0 Å². The fourth-order valence-corrected chi connectivity index (χ4v) is 4.16. The first-order valence-corrected chi connectivity index (χ1v) is 11.4. The second kappa shape index (κ2) is 9.03. The predicted octanol–water partition coefficient (Wildman–Crippen LogP) is 9.13. The molecule has 0 N–H and O–H groups in total. The molecule has 0 aliphatic rings. The molecule has 0 saturated heterocycles. The van der Waals surface area contributed by atoms with E-state index in [2.05, 4.69) is 0 Å². The Balaban J connectivity index is 2.37. The van der Waals surface area contributed by atoms with Gasteiger partial charge in [-0.25, -0.2) is 35.1 Å². The summed E-state index contributed by atoms with van der Waals surface area (Å²) in [5, 5.41) is -3.34. The van der Waals surface area contributed by atoms with Crippen LogP contribution in [0.4, 0.5) is 35.1 Å². The minimum atomic E-state index is -2.17. The zero-order valence-corrected chi connectivity index (χ0v) is 21.1. The van der Waals surface area contributed by atoms with Gasteiger partial charge in [-0.2, -0.15) is 0 Å². The Hall–Kier alpha value is -3.56. The highest BCUT2D eigenvalue weighted by atomic mass is 19.2. The number of ether oxygens (including phenoxy) is 2. The first-order valence-electron chi connectivity index (χ1n) is 11.4. The number of benzene rings is 4. The molecule has 0 aromatic heterocycles. The number of hydrogen-bond acceptors (Lipinski definition) is 2. The van der Waals surface area contributed by atoms with Gasteiger partial charge in [-0.3, -0.25) is 0 Å². The van der Waals surface area contributed by atoms with Crippen molar-refractivity contribution in [2.45, 2.75) is 52.7 Å². The summed E-state index contributed by atoms with van der Waals surface area (Å²) < 4.78 is 130. The summed E-state index contributed by atoms with van der Waals surface area (Å²) in [5.74, 6) is -16.4. The lowest BCUT2D eigenvalue weighted by Gasteiger charge is -2.28. The van der Waals surface area contributed by atoms with Crippen LogP contribution in [0.1, 0.15) is 41.5 Å². The average molecular weight is 542 g/mol. The van der Waals surface area contributed by atoms with Crippen LogP contribution in [0.3, 0.4) is 0 Å². The van der Waals surface area contributed by atoms with Crippen molar-refractivity contribution in [2.24, 2.45) is 0 Å². The zero-order valence-electron chi connectivity index (χ0n) is 21.1. The van der Waals surface area contributed by atoms with Crippen LogP contribution in [-0.2, 0) is 0 Å². The minimum absolute atomic E-state index is 0.301. The normalized spacial score (nSPS) is 12.5. The van der Waals surface area contributed by atoms with E-state index < -0.39 is 90.4 Å². The first-order chi connectivity index (χ1) is 17.4. The van der Waals surface area contributed by atoms with Crippen LogP contribution in [0.15, 0.2) is 24.3 Å². The Morgan fingerprint density at radius 3 is 1.00 bits per heavy atom. The molecule has 202 valence electrons. The largest absolute Gasteiger partial charge is 0.487 e. The van der Waals surface area contributed by atoms with Crippen molar-refractivity contribution in [1.82, 2.24) is 0 Å². The van der Waals surface area contributed by atoms with Crippen molar-refractivity contribution >= 4 is 21.5 Å². The van der Waals surface area contributed by atoms with E-state index >= 15 is 8.78 Å². The molecule has 4 aromatic carbocycles.